The van der Waals surface area contributed by atoms with Gasteiger partial charge < -0.3 is 9.64 Å². The quantitative estimate of drug-likeness (QED) is 0.602. The van der Waals surface area contributed by atoms with Crippen LogP contribution in [0.25, 0.3) is 0 Å². The molecule has 1 amide bonds. The molecule has 0 N–H and O–H groups in total. The number of hydrogen-bond donors (Lipinski definition) is 0. The number of likely N-dealkylation sites (N-methyl/N-ethyl adjacent to an activating group) is 1. The summed E-state index contributed by atoms with van der Waals surface area (Å²) >= 11 is 12.0. The normalized spacial score (nSPS) is 15.6. The van der Waals surface area contributed by atoms with Crippen LogP contribution < -0.4 is 4.74 Å². The fraction of sp³-hybridized carbons (Fsp3) is 0.381. The molecule has 1 heterocycles. The molecule has 3 rings (SSSR count). The van der Waals surface area contributed by atoms with Gasteiger partial charge in [-0.1, -0.05) is 35.3 Å². The number of benzene rings is 2. The van der Waals surface area contributed by atoms with Crippen LogP contribution in [0.15, 0.2) is 47.4 Å². The summed E-state index contributed by atoms with van der Waals surface area (Å²) in [5.41, 5.74) is 0.976. The van der Waals surface area contributed by atoms with Crippen molar-refractivity contribution in [3.63, 3.8) is 0 Å². The second-order valence-electron chi connectivity index (χ2n) is 7.36. The zero-order chi connectivity index (χ0) is 22.6. The lowest BCUT2D eigenvalue weighted by molar-refractivity contribution is -0.131. The fourth-order valence-electron chi connectivity index (χ4n) is 3.39. The largest absolute Gasteiger partial charge is 0.497 e. The molecule has 0 bridgehead atoms. The summed E-state index contributed by atoms with van der Waals surface area (Å²) in [6.07, 6.45) is 0. The van der Waals surface area contributed by atoms with Gasteiger partial charge in [-0.2, -0.15) is 4.31 Å². The van der Waals surface area contributed by atoms with Crippen LogP contribution in [0.2, 0.25) is 10.0 Å². The van der Waals surface area contributed by atoms with Crippen LogP contribution in [-0.4, -0.2) is 75.3 Å². The molecule has 0 radical (unpaired) electrons. The highest BCUT2D eigenvalue weighted by molar-refractivity contribution is 7.89. The summed E-state index contributed by atoms with van der Waals surface area (Å²) in [5, 5.41) is 0.451. The van der Waals surface area contributed by atoms with E-state index in [2.05, 4.69) is 0 Å². The Kier molecular flexibility index (Phi) is 7.82. The van der Waals surface area contributed by atoms with Crippen molar-refractivity contribution in [1.29, 1.82) is 0 Å². The number of methoxy groups -OCH3 is 1. The maximum absolute atomic E-state index is 12.9. The van der Waals surface area contributed by atoms with E-state index < -0.39 is 10.0 Å². The smallest absolute Gasteiger partial charge is 0.244 e. The Morgan fingerprint density at radius 1 is 1.10 bits per heavy atom. The average molecular weight is 486 g/mol. The van der Waals surface area contributed by atoms with Gasteiger partial charge in [0.1, 0.15) is 10.6 Å². The highest BCUT2D eigenvalue weighted by atomic mass is 35.5. The first kappa shape index (κ1) is 23.8. The maximum atomic E-state index is 12.9. The molecule has 1 saturated heterocycles. The highest BCUT2D eigenvalue weighted by Crippen LogP contribution is 2.28. The lowest BCUT2D eigenvalue weighted by atomic mass is 10.2. The Morgan fingerprint density at radius 3 is 2.48 bits per heavy atom. The van der Waals surface area contributed by atoms with Crippen LogP contribution in [0.3, 0.4) is 0 Å². The van der Waals surface area contributed by atoms with E-state index in [9.17, 15) is 13.2 Å². The summed E-state index contributed by atoms with van der Waals surface area (Å²) in [4.78, 5) is 16.3. The van der Waals surface area contributed by atoms with Crippen LogP contribution in [0.4, 0.5) is 0 Å². The molecule has 10 heteroatoms. The van der Waals surface area contributed by atoms with Crippen molar-refractivity contribution in [1.82, 2.24) is 14.1 Å². The molecule has 0 aliphatic carbocycles. The van der Waals surface area contributed by atoms with E-state index >= 15 is 0 Å². The van der Waals surface area contributed by atoms with E-state index in [4.69, 9.17) is 27.9 Å². The molecule has 168 valence electrons. The first-order chi connectivity index (χ1) is 14.7. The molecule has 31 heavy (non-hydrogen) atoms. The van der Waals surface area contributed by atoms with Crippen LogP contribution in [0, 0.1) is 0 Å². The number of nitrogens with zero attached hydrogens (tertiary/aromatic N) is 3. The molecule has 1 fully saturated rings. The molecule has 2 aromatic carbocycles. The minimum atomic E-state index is -3.75. The first-order valence-corrected chi connectivity index (χ1v) is 11.9. The first-order valence-electron chi connectivity index (χ1n) is 9.75. The third-order valence-electron chi connectivity index (χ3n) is 5.18. The van der Waals surface area contributed by atoms with Crippen molar-refractivity contribution in [2.75, 3.05) is 46.9 Å². The van der Waals surface area contributed by atoms with Gasteiger partial charge in [0.25, 0.3) is 0 Å². The number of halogens is 2. The Bertz CT molecular complexity index is 1040. The molecular formula is C21H25Cl2N3O4S. The van der Waals surface area contributed by atoms with E-state index in [0.717, 1.165) is 11.3 Å². The molecule has 0 unspecified atom stereocenters. The standard InChI is InChI=1S/C21H25Cl2N3O4S/c1-24(14-16-4-3-5-18(12-16)30-2)21(27)15-25-8-10-26(11-9-25)31(28,29)20-13-17(22)6-7-19(20)23/h3-7,12-13H,8-11,14-15H2,1-2H3. The van der Waals surface area contributed by atoms with Gasteiger partial charge >= 0.3 is 0 Å². The number of rotatable bonds is 7. The van der Waals surface area contributed by atoms with E-state index in [1.807, 2.05) is 29.2 Å². The third-order valence-corrected chi connectivity index (χ3v) is 7.80. The summed E-state index contributed by atoms with van der Waals surface area (Å²) in [7, 11) is -0.389. The number of carbonyl (C=O) groups excluding carboxylic acids is 1. The van der Waals surface area contributed by atoms with Crippen molar-refractivity contribution in [2.24, 2.45) is 0 Å². The summed E-state index contributed by atoms with van der Waals surface area (Å²) in [6.45, 7) is 2.16. The molecule has 0 saturated carbocycles. The van der Waals surface area contributed by atoms with Gasteiger partial charge in [-0.25, -0.2) is 8.42 Å². The van der Waals surface area contributed by atoms with E-state index in [-0.39, 0.29) is 35.5 Å². The van der Waals surface area contributed by atoms with Gasteiger partial charge in [-0.15, -0.1) is 0 Å². The third kappa shape index (κ3) is 5.90. The van der Waals surface area contributed by atoms with Crippen LogP contribution in [-0.2, 0) is 21.4 Å². The number of carbonyl (C=O) groups is 1. The molecule has 7 nitrogen and oxygen atoms in total. The lowest BCUT2D eigenvalue weighted by Gasteiger charge is -2.34. The minimum absolute atomic E-state index is 0.00390. The van der Waals surface area contributed by atoms with Gasteiger partial charge in [0.2, 0.25) is 15.9 Å². The summed E-state index contributed by atoms with van der Waals surface area (Å²) < 4.78 is 32.5. The SMILES string of the molecule is COc1cccc(CN(C)C(=O)CN2CCN(S(=O)(=O)c3cc(Cl)ccc3Cl)CC2)c1. The number of ether oxygens (including phenoxy) is 1. The Hall–Kier alpha value is -1.84. The van der Waals surface area contributed by atoms with Crippen molar-refractivity contribution < 1.29 is 17.9 Å². The number of sulfonamides is 1. The fourth-order valence-corrected chi connectivity index (χ4v) is 5.55. The Balaban J connectivity index is 1.55. The lowest BCUT2D eigenvalue weighted by Crippen LogP contribution is -2.51. The van der Waals surface area contributed by atoms with Crippen LogP contribution in [0.1, 0.15) is 5.56 Å². The van der Waals surface area contributed by atoms with Crippen LogP contribution >= 0.6 is 23.2 Å². The topological polar surface area (TPSA) is 70.2 Å². The molecule has 2 aromatic rings. The van der Waals surface area contributed by atoms with Crippen molar-refractivity contribution in [2.45, 2.75) is 11.4 Å². The Labute approximate surface area is 193 Å². The van der Waals surface area contributed by atoms with Crippen molar-refractivity contribution >= 4 is 39.1 Å². The number of piperazine rings is 1. The maximum Gasteiger partial charge on any atom is 0.244 e. The number of amides is 1. The predicted molar refractivity (Wildman–Crippen MR) is 121 cm³/mol. The van der Waals surface area contributed by atoms with E-state index in [1.165, 1.54) is 16.4 Å². The van der Waals surface area contributed by atoms with Gasteiger partial charge in [0.15, 0.2) is 0 Å². The van der Waals surface area contributed by atoms with E-state index in [1.54, 1.807) is 25.1 Å². The van der Waals surface area contributed by atoms with Crippen molar-refractivity contribution in [3.8, 4) is 5.75 Å². The van der Waals surface area contributed by atoms with Gasteiger partial charge in [0, 0.05) is 44.8 Å². The zero-order valence-corrected chi connectivity index (χ0v) is 19.8. The Morgan fingerprint density at radius 2 is 1.81 bits per heavy atom. The van der Waals surface area contributed by atoms with Gasteiger partial charge in [0.05, 0.1) is 18.7 Å². The average Bonchev–Trinajstić information content (AvgIpc) is 2.75. The molecule has 0 atom stereocenters. The molecule has 1 aliphatic heterocycles. The van der Waals surface area contributed by atoms with Crippen LogP contribution in [0.5, 0.6) is 5.75 Å². The van der Waals surface area contributed by atoms with Crippen molar-refractivity contribution in [3.05, 3.63) is 58.1 Å². The second-order valence-corrected chi connectivity index (χ2v) is 10.1. The van der Waals surface area contributed by atoms with E-state index in [0.29, 0.717) is 24.7 Å². The molecule has 0 aromatic heterocycles. The molecular weight excluding hydrogens is 461 g/mol. The monoisotopic (exact) mass is 485 g/mol. The van der Waals surface area contributed by atoms with Gasteiger partial charge in [-0.3, -0.25) is 9.69 Å². The minimum Gasteiger partial charge on any atom is -0.497 e. The highest BCUT2D eigenvalue weighted by Gasteiger charge is 2.31. The zero-order valence-electron chi connectivity index (χ0n) is 17.4. The number of hydrogen-bond acceptors (Lipinski definition) is 5. The van der Waals surface area contributed by atoms with Gasteiger partial charge in [-0.05, 0) is 35.9 Å². The molecule has 0 spiro atoms. The second kappa shape index (κ2) is 10.2. The summed E-state index contributed by atoms with van der Waals surface area (Å²) in [6, 6.07) is 12.0. The predicted octanol–water partition coefficient (Wildman–Crippen LogP) is 2.97. The molecule has 1 aliphatic rings. The summed E-state index contributed by atoms with van der Waals surface area (Å²) in [5.74, 6) is 0.715.